The highest BCUT2D eigenvalue weighted by Gasteiger charge is 2.34. The third-order valence-electron chi connectivity index (χ3n) is 4.30. The highest BCUT2D eigenvalue weighted by molar-refractivity contribution is 5.31. The molecule has 0 spiro atoms. The lowest BCUT2D eigenvalue weighted by atomic mass is 9.88. The highest BCUT2D eigenvalue weighted by atomic mass is 15.2. The molecule has 1 aromatic rings. The topological polar surface area (TPSA) is 53.0 Å². The quantitative estimate of drug-likeness (QED) is 0.905. The van der Waals surface area contributed by atoms with Gasteiger partial charge in [0.05, 0.1) is 6.07 Å². The van der Waals surface area contributed by atoms with Crippen LogP contribution in [0.5, 0.6) is 0 Å². The third kappa shape index (κ3) is 2.97. The molecule has 1 saturated heterocycles. The maximum Gasteiger partial charge on any atom is 0.142 e. The van der Waals surface area contributed by atoms with Gasteiger partial charge in [0.15, 0.2) is 0 Å². The second-order valence-corrected chi connectivity index (χ2v) is 5.75. The van der Waals surface area contributed by atoms with E-state index in [1.807, 2.05) is 30.3 Å². The Morgan fingerprint density at radius 2 is 1.84 bits per heavy atom. The standard InChI is InChI=1S/C16H23N3/c1-13-7-6-8-14(2)19(13)12-16(18,11-17)15-9-4-3-5-10-15/h3-5,9-10,13-14H,6-8,12,18H2,1-2H3. The number of hydrogen-bond acceptors (Lipinski definition) is 3. The Hall–Kier alpha value is -1.37. The minimum atomic E-state index is -0.916. The number of benzene rings is 1. The van der Waals surface area contributed by atoms with Gasteiger partial charge in [-0.1, -0.05) is 36.8 Å². The molecule has 3 atom stereocenters. The molecule has 1 fully saturated rings. The molecule has 2 N–H and O–H groups in total. The zero-order valence-corrected chi connectivity index (χ0v) is 11.8. The van der Waals surface area contributed by atoms with Crippen molar-refractivity contribution in [2.24, 2.45) is 5.73 Å². The van der Waals surface area contributed by atoms with Gasteiger partial charge in [0, 0.05) is 18.6 Å². The largest absolute Gasteiger partial charge is 0.309 e. The van der Waals surface area contributed by atoms with Crippen LogP contribution in [0.15, 0.2) is 30.3 Å². The van der Waals surface area contributed by atoms with Gasteiger partial charge >= 0.3 is 0 Å². The van der Waals surface area contributed by atoms with E-state index in [2.05, 4.69) is 24.8 Å². The van der Waals surface area contributed by atoms with Crippen LogP contribution in [-0.2, 0) is 5.54 Å². The van der Waals surface area contributed by atoms with Crippen molar-refractivity contribution in [3.8, 4) is 6.07 Å². The van der Waals surface area contributed by atoms with E-state index in [0.717, 1.165) is 5.56 Å². The van der Waals surface area contributed by atoms with Crippen LogP contribution in [0.25, 0.3) is 0 Å². The van der Waals surface area contributed by atoms with E-state index in [1.165, 1.54) is 19.3 Å². The van der Waals surface area contributed by atoms with Gasteiger partial charge in [-0.15, -0.1) is 0 Å². The summed E-state index contributed by atoms with van der Waals surface area (Å²) < 4.78 is 0. The average molecular weight is 257 g/mol. The summed E-state index contributed by atoms with van der Waals surface area (Å²) in [6, 6.07) is 13.1. The molecule has 3 unspecified atom stereocenters. The summed E-state index contributed by atoms with van der Waals surface area (Å²) in [4.78, 5) is 2.39. The third-order valence-corrected chi connectivity index (χ3v) is 4.30. The van der Waals surface area contributed by atoms with E-state index in [1.54, 1.807) is 0 Å². The fourth-order valence-corrected chi connectivity index (χ4v) is 3.00. The van der Waals surface area contributed by atoms with Crippen LogP contribution in [0.3, 0.4) is 0 Å². The number of nitriles is 1. The lowest BCUT2D eigenvalue weighted by Gasteiger charge is -2.42. The summed E-state index contributed by atoms with van der Waals surface area (Å²) >= 11 is 0. The van der Waals surface area contributed by atoms with Gasteiger partial charge in [0.2, 0.25) is 0 Å². The molecular weight excluding hydrogens is 234 g/mol. The molecule has 0 radical (unpaired) electrons. The van der Waals surface area contributed by atoms with Crippen molar-refractivity contribution in [2.45, 2.75) is 50.7 Å². The van der Waals surface area contributed by atoms with Crippen molar-refractivity contribution in [1.82, 2.24) is 4.90 Å². The van der Waals surface area contributed by atoms with Gasteiger partial charge < -0.3 is 5.73 Å². The molecule has 102 valence electrons. The summed E-state index contributed by atoms with van der Waals surface area (Å²) in [5.41, 5.74) is 6.36. The molecular formula is C16H23N3. The fourth-order valence-electron chi connectivity index (χ4n) is 3.00. The maximum atomic E-state index is 9.54. The first-order valence-electron chi connectivity index (χ1n) is 7.08. The summed E-state index contributed by atoms with van der Waals surface area (Å²) in [5.74, 6) is 0. The molecule has 2 rings (SSSR count). The summed E-state index contributed by atoms with van der Waals surface area (Å²) in [7, 11) is 0. The summed E-state index contributed by atoms with van der Waals surface area (Å²) in [5, 5.41) is 9.54. The lowest BCUT2D eigenvalue weighted by Crippen LogP contribution is -2.53. The van der Waals surface area contributed by atoms with E-state index in [9.17, 15) is 5.26 Å². The number of piperidine rings is 1. The molecule has 1 aromatic carbocycles. The molecule has 3 nitrogen and oxygen atoms in total. The van der Waals surface area contributed by atoms with Crippen molar-refractivity contribution in [3.63, 3.8) is 0 Å². The number of nitrogens with zero attached hydrogens (tertiary/aromatic N) is 2. The van der Waals surface area contributed by atoms with Gasteiger partial charge in [0.1, 0.15) is 5.54 Å². The molecule has 0 bridgehead atoms. The number of hydrogen-bond donors (Lipinski definition) is 1. The average Bonchev–Trinajstić information content (AvgIpc) is 2.44. The van der Waals surface area contributed by atoms with E-state index in [0.29, 0.717) is 18.6 Å². The van der Waals surface area contributed by atoms with Gasteiger partial charge in [-0.05, 0) is 32.3 Å². The normalized spacial score (nSPS) is 27.5. The smallest absolute Gasteiger partial charge is 0.142 e. The zero-order chi connectivity index (χ0) is 13.9. The minimum absolute atomic E-state index is 0.503. The number of likely N-dealkylation sites (tertiary alicyclic amines) is 1. The van der Waals surface area contributed by atoms with Gasteiger partial charge in [-0.2, -0.15) is 5.26 Å². The Labute approximate surface area is 116 Å². The molecule has 0 aliphatic carbocycles. The molecule has 3 heteroatoms. The van der Waals surface area contributed by atoms with E-state index >= 15 is 0 Å². The van der Waals surface area contributed by atoms with Crippen LogP contribution in [0.1, 0.15) is 38.7 Å². The van der Waals surface area contributed by atoms with Crippen molar-refractivity contribution in [2.75, 3.05) is 6.54 Å². The van der Waals surface area contributed by atoms with Crippen LogP contribution < -0.4 is 5.73 Å². The van der Waals surface area contributed by atoms with Crippen LogP contribution in [0, 0.1) is 11.3 Å². The minimum Gasteiger partial charge on any atom is -0.309 e. The second kappa shape index (κ2) is 5.73. The molecule has 0 aromatic heterocycles. The SMILES string of the molecule is CC1CCCC(C)N1CC(N)(C#N)c1ccccc1. The first kappa shape index (κ1) is 14.0. The van der Waals surface area contributed by atoms with Crippen LogP contribution in [-0.4, -0.2) is 23.5 Å². The van der Waals surface area contributed by atoms with E-state index in [-0.39, 0.29) is 0 Å². The van der Waals surface area contributed by atoms with Crippen LogP contribution in [0.4, 0.5) is 0 Å². The molecule has 1 heterocycles. The van der Waals surface area contributed by atoms with Crippen LogP contribution in [0.2, 0.25) is 0 Å². The molecule has 1 aliphatic heterocycles. The van der Waals surface area contributed by atoms with Crippen molar-refractivity contribution in [3.05, 3.63) is 35.9 Å². The first-order chi connectivity index (χ1) is 9.07. The van der Waals surface area contributed by atoms with Crippen LogP contribution >= 0.6 is 0 Å². The molecule has 0 saturated carbocycles. The molecule has 19 heavy (non-hydrogen) atoms. The van der Waals surface area contributed by atoms with Gasteiger partial charge in [-0.3, -0.25) is 4.90 Å². The van der Waals surface area contributed by atoms with E-state index in [4.69, 9.17) is 5.73 Å². The Bertz CT molecular complexity index is 441. The molecule has 1 aliphatic rings. The Morgan fingerprint density at radius 3 is 2.37 bits per heavy atom. The van der Waals surface area contributed by atoms with Gasteiger partial charge in [0.25, 0.3) is 0 Å². The number of nitrogens with two attached hydrogens (primary N) is 1. The monoisotopic (exact) mass is 257 g/mol. The van der Waals surface area contributed by atoms with Gasteiger partial charge in [-0.25, -0.2) is 0 Å². The maximum absolute atomic E-state index is 9.54. The Balaban J connectivity index is 2.21. The number of rotatable bonds is 3. The van der Waals surface area contributed by atoms with Crippen molar-refractivity contribution >= 4 is 0 Å². The zero-order valence-electron chi connectivity index (χ0n) is 11.8. The summed E-state index contributed by atoms with van der Waals surface area (Å²) in [6.07, 6.45) is 3.66. The van der Waals surface area contributed by atoms with Crippen molar-refractivity contribution in [1.29, 1.82) is 5.26 Å². The second-order valence-electron chi connectivity index (χ2n) is 5.75. The molecule has 0 amide bonds. The Kier molecular flexibility index (Phi) is 4.24. The highest BCUT2D eigenvalue weighted by Crippen LogP contribution is 2.27. The van der Waals surface area contributed by atoms with E-state index < -0.39 is 5.54 Å². The predicted molar refractivity (Wildman–Crippen MR) is 77.4 cm³/mol. The lowest BCUT2D eigenvalue weighted by molar-refractivity contribution is 0.0854. The van der Waals surface area contributed by atoms with Crippen molar-refractivity contribution < 1.29 is 0 Å². The Morgan fingerprint density at radius 1 is 1.26 bits per heavy atom. The summed E-state index contributed by atoms with van der Waals surface area (Å²) in [6.45, 7) is 5.08. The fraction of sp³-hybridized carbons (Fsp3) is 0.562. The first-order valence-corrected chi connectivity index (χ1v) is 7.08. The predicted octanol–water partition coefficient (Wildman–Crippen LogP) is 2.63.